The molecule has 1 fully saturated rings. The van der Waals surface area contributed by atoms with Crippen LogP contribution in [0.1, 0.15) is 25.0 Å². The van der Waals surface area contributed by atoms with E-state index in [-0.39, 0.29) is 6.10 Å². The minimum absolute atomic E-state index is 0.213. The number of rotatable bonds is 1. The molecule has 13 heavy (non-hydrogen) atoms. The lowest BCUT2D eigenvalue weighted by Gasteiger charge is -2.27. The predicted molar refractivity (Wildman–Crippen MR) is 50.3 cm³/mol. The van der Waals surface area contributed by atoms with Crippen LogP contribution in [-0.2, 0) is 9.47 Å². The van der Waals surface area contributed by atoms with E-state index in [1.165, 1.54) is 5.56 Å². The first kappa shape index (κ1) is 8.73. The highest BCUT2D eigenvalue weighted by atomic mass is 16.7. The summed E-state index contributed by atoms with van der Waals surface area (Å²) in [5.74, 6) is 0. The smallest absolute Gasteiger partial charge is 0.147 e. The van der Waals surface area contributed by atoms with Gasteiger partial charge in [0.1, 0.15) is 6.79 Å². The zero-order valence-electron chi connectivity index (χ0n) is 7.77. The Kier molecular flexibility index (Phi) is 2.62. The van der Waals surface area contributed by atoms with Crippen molar-refractivity contribution in [3.05, 3.63) is 35.9 Å². The molecule has 0 aromatic heterocycles. The molecule has 1 aliphatic heterocycles. The van der Waals surface area contributed by atoms with Gasteiger partial charge in [-0.15, -0.1) is 0 Å². The molecule has 0 amide bonds. The summed E-state index contributed by atoms with van der Waals surface area (Å²) in [5.41, 5.74) is 1.25. The minimum Gasteiger partial charge on any atom is -0.352 e. The molecule has 0 N–H and O–H groups in total. The third-order valence-electron chi connectivity index (χ3n) is 2.34. The quantitative estimate of drug-likeness (QED) is 0.657. The molecule has 1 saturated heterocycles. The number of hydrogen-bond acceptors (Lipinski definition) is 2. The molecule has 70 valence electrons. The van der Waals surface area contributed by atoms with E-state index in [2.05, 4.69) is 19.1 Å². The first-order valence-corrected chi connectivity index (χ1v) is 4.64. The molecule has 1 aromatic carbocycles. The van der Waals surface area contributed by atoms with E-state index in [1.54, 1.807) is 0 Å². The normalized spacial score (nSPS) is 28.7. The van der Waals surface area contributed by atoms with Gasteiger partial charge in [-0.05, 0) is 12.5 Å². The highest BCUT2D eigenvalue weighted by molar-refractivity contribution is 5.17. The molecule has 2 atom stereocenters. The molecule has 0 aliphatic carbocycles. The highest BCUT2D eigenvalue weighted by Gasteiger charge is 2.20. The van der Waals surface area contributed by atoms with Crippen molar-refractivity contribution in [2.75, 3.05) is 6.79 Å². The lowest BCUT2D eigenvalue weighted by Crippen LogP contribution is -2.23. The SMILES string of the molecule is C[C@@H]1C[C@H](c2ccccc2)OCO1. The van der Waals surface area contributed by atoms with Gasteiger partial charge in [0.2, 0.25) is 0 Å². The molecular formula is C11H14O2. The van der Waals surface area contributed by atoms with E-state index >= 15 is 0 Å². The number of hydrogen-bond donors (Lipinski definition) is 0. The summed E-state index contributed by atoms with van der Waals surface area (Å²) in [5, 5.41) is 0. The van der Waals surface area contributed by atoms with Gasteiger partial charge in [-0.2, -0.15) is 0 Å². The fourth-order valence-electron chi connectivity index (χ4n) is 1.58. The summed E-state index contributed by atoms with van der Waals surface area (Å²) in [4.78, 5) is 0. The van der Waals surface area contributed by atoms with Crippen LogP contribution in [0.4, 0.5) is 0 Å². The zero-order valence-corrected chi connectivity index (χ0v) is 7.77. The first-order chi connectivity index (χ1) is 6.36. The number of benzene rings is 1. The number of ether oxygens (including phenoxy) is 2. The Bertz CT molecular complexity index is 258. The minimum atomic E-state index is 0.213. The molecule has 2 heteroatoms. The Balaban J connectivity index is 2.08. The second-order valence-corrected chi connectivity index (χ2v) is 3.40. The lowest BCUT2D eigenvalue weighted by atomic mass is 10.0. The van der Waals surface area contributed by atoms with Crippen LogP contribution >= 0.6 is 0 Å². The second kappa shape index (κ2) is 3.90. The van der Waals surface area contributed by atoms with Gasteiger partial charge >= 0.3 is 0 Å². The van der Waals surface area contributed by atoms with Crippen LogP contribution in [0.5, 0.6) is 0 Å². The van der Waals surface area contributed by atoms with Crippen LogP contribution in [-0.4, -0.2) is 12.9 Å². The van der Waals surface area contributed by atoms with E-state index in [0.717, 1.165) is 6.42 Å². The summed E-state index contributed by atoms with van der Waals surface area (Å²) in [7, 11) is 0. The molecule has 1 aliphatic rings. The lowest BCUT2D eigenvalue weighted by molar-refractivity contribution is -0.172. The molecule has 2 rings (SSSR count). The van der Waals surface area contributed by atoms with Gasteiger partial charge in [0.05, 0.1) is 12.2 Å². The zero-order chi connectivity index (χ0) is 9.10. The van der Waals surface area contributed by atoms with Crippen LogP contribution in [0.25, 0.3) is 0 Å². The van der Waals surface area contributed by atoms with Crippen molar-refractivity contribution in [3.63, 3.8) is 0 Å². The fourth-order valence-corrected chi connectivity index (χ4v) is 1.58. The molecule has 2 nitrogen and oxygen atoms in total. The molecular weight excluding hydrogens is 164 g/mol. The summed E-state index contributed by atoms with van der Waals surface area (Å²) in [6.45, 7) is 2.50. The molecule has 0 unspecified atom stereocenters. The Labute approximate surface area is 78.5 Å². The first-order valence-electron chi connectivity index (χ1n) is 4.64. The Morgan fingerprint density at radius 3 is 2.62 bits per heavy atom. The molecule has 0 bridgehead atoms. The van der Waals surface area contributed by atoms with Crippen LogP contribution < -0.4 is 0 Å². The summed E-state index contributed by atoms with van der Waals surface area (Å²) < 4.78 is 10.8. The predicted octanol–water partition coefficient (Wildman–Crippen LogP) is 2.51. The Morgan fingerprint density at radius 1 is 1.15 bits per heavy atom. The average molecular weight is 178 g/mol. The van der Waals surface area contributed by atoms with E-state index in [0.29, 0.717) is 12.9 Å². The van der Waals surface area contributed by atoms with Gasteiger partial charge in [-0.25, -0.2) is 0 Å². The molecule has 1 heterocycles. The van der Waals surface area contributed by atoms with Gasteiger partial charge < -0.3 is 9.47 Å². The third kappa shape index (κ3) is 2.08. The Hall–Kier alpha value is -0.860. The van der Waals surface area contributed by atoms with E-state index in [1.807, 2.05) is 18.2 Å². The van der Waals surface area contributed by atoms with Gasteiger partial charge in [0, 0.05) is 6.42 Å². The maximum absolute atomic E-state index is 5.51. The largest absolute Gasteiger partial charge is 0.352 e. The topological polar surface area (TPSA) is 18.5 Å². The van der Waals surface area contributed by atoms with Crippen molar-refractivity contribution in [3.8, 4) is 0 Å². The van der Waals surface area contributed by atoms with Crippen molar-refractivity contribution in [2.24, 2.45) is 0 Å². The van der Waals surface area contributed by atoms with Crippen molar-refractivity contribution in [1.82, 2.24) is 0 Å². The maximum Gasteiger partial charge on any atom is 0.147 e. The average Bonchev–Trinajstić information content (AvgIpc) is 2.19. The van der Waals surface area contributed by atoms with Gasteiger partial charge in [-0.3, -0.25) is 0 Å². The second-order valence-electron chi connectivity index (χ2n) is 3.40. The fraction of sp³-hybridized carbons (Fsp3) is 0.455. The van der Waals surface area contributed by atoms with Gasteiger partial charge in [-0.1, -0.05) is 30.3 Å². The van der Waals surface area contributed by atoms with Crippen molar-refractivity contribution in [2.45, 2.75) is 25.6 Å². The van der Waals surface area contributed by atoms with Crippen molar-refractivity contribution in [1.29, 1.82) is 0 Å². The van der Waals surface area contributed by atoms with E-state index in [4.69, 9.17) is 9.47 Å². The van der Waals surface area contributed by atoms with Crippen LogP contribution in [0.15, 0.2) is 30.3 Å². The van der Waals surface area contributed by atoms with Crippen molar-refractivity contribution >= 4 is 0 Å². The third-order valence-corrected chi connectivity index (χ3v) is 2.34. The summed E-state index contributed by atoms with van der Waals surface area (Å²) >= 11 is 0. The van der Waals surface area contributed by atoms with Gasteiger partial charge in [0.15, 0.2) is 0 Å². The monoisotopic (exact) mass is 178 g/mol. The summed E-state index contributed by atoms with van der Waals surface area (Å²) in [6.07, 6.45) is 1.47. The highest BCUT2D eigenvalue weighted by Crippen LogP contribution is 2.26. The van der Waals surface area contributed by atoms with Gasteiger partial charge in [0.25, 0.3) is 0 Å². The van der Waals surface area contributed by atoms with Crippen LogP contribution in [0.3, 0.4) is 0 Å². The standard InChI is InChI=1S/C11H14O2/c1-9-7-11(13-8-12-9)10-5-3-2-4-6-10/h2-6,9,11H,7-8H2,1H3/t9-,11-/m1/s1. The molecule has 0 saturated carbocycles. The van der Waals surface area contributed by atoms with Crippen LogP contribution in [0, 0.1) is 0 Å². The van der Waals surface area contributed by atoms with E-state index < -0.39 is 0 Å². The maximum atomic E-state index is 5.51. The Morgan fingerprint density at radius 2 is 1.92 bits per heavy atom. The summed E-state index contributed by atoms with van der Waals surface area (Å²) in [6, 6.07) is 10.3. The van der Waals surface area contributed by atoms with Crippen LogP contribution in [0.2, 0.25) is 0 Å². The molecule has 0 spiro atoms. The van der Waals surface area contributed by atoms with Crippen molar-refractivity contribution < 1.29 is 9.47 Å². The molecule has 0 radical (unpaired) electrons. The molecule has 1 aromatic rings. The van der Waals surface area contributed by atoms with E-state index in [9.17, 15) is 0 Å².